The number of hydrogen-bond donors (Lipinski definition) is 11. The fourth-order valence-corrected chi connectivity index (χ4v) is 14.9. The van der Waals surface area contributed by atoms with Crippen molar-refractivity contribution in [2.75, 3.05) is 13.7 Å². The minimum absolute atomic E-state index is 0.0193. The molecule has 1 aromatic carbocycles. The predicted octanol–water partition coefficient (Wildman–Crippen LogP) is 3.32. The summed E-state index contributed by atoms with van der Waals surface area (Å²) in [4.78, 5) is 141. The maximum atomic E-state index is 15.1. The molecular weight excluding hydrogens is 1360 g/mol. The van der Waals surface area contributed by atoms with Gasteiger partial charge in [-0.1, -0.05) is 18.7 Å². The monoisotopic (exact) mass is 1410 g/mol. The molecule has 8 aromatic rings. The molecule has 1 saturated heterocycles. The molecule has 12 N–H and O–H groups in total. The number of nitrogens with one attached hydrogen (secondary N) is 5. The number of esters is 2. The number of primary amides is 1. The third kappa shape index (κ3) is 12.9. The minimum Gasteiger partial charge on any atom is -0.506 e. The topological polar surface area (TPSA) is 462 Å². The predicted molar refractivity (Wildman–Crippen MR) is 339 cm³/mol. The zero-order chi connectivity index (χ0) is 68.3. The number of ether oxygens (including phenoxy) is 6. The lowest BCUT2D eigenvalue weighted by molar-refractivity contribution is -0.292. The number of pyridine rings is 1. The van der Waals surface area contributed by atoms with Gasteiger partial charge in [-0.15, -0.1) is 56.7 Å². The fourth-order valence-electron chi connectivity index (χ4n) is 10.8. The maximum absolute atomic E-state index is 15.1. The maximum Gasteiger partial charge on any atom is 0.358 e. The first kappa shape index (κ1) is 66.5. The fraction of sp³-hybridized carbons (Fsp3) is 0.322. The molecule has 96 heavy (non-hydrogen) atoms. The summed E-state index contributed by atoms with van der Waals surface area (Å²) < 4.78 is 37.4. The van der Waals surface area contributed by atoms with Crippen molar-refractivity contribution in [1.82, 2.24) is 61.2 Å². The van der Waals surface area contributed by atoms with E-state index in [0.29, 0.717) is 4.73 Å². The Morgan fingerprint density at radius 3 is 2.25 bits per heavy atom. The van der Waals surface area contributed by atoms with Crippen LogP contribution in [0, 0.1) is 0 Å². The highest BCUT2D eigenvalue weighted by Crippen LogP contribution is 2.43. The molecule has 500 valence electrons. The number of thiazole rings is 5. The Morgan fingerprint density at radius 1 is 0.854 bits per heavy atom. The molecule has 11 heterocycles. The van der Waals surface area contributed by atoms with Gasteiger partial charge in [0.25, 0.3) is 29.5 Å². The molecule has 0 unspecified atom stereocenters. The van der Waals surface area contributed by atoms with E-state index in [4.69, 9.17) is 49.1 Å². The van der Waals surface area contributed by atoms with E-state index in [2.05, 4.69) is 48.1 Å². The second-order valence-electron chi connectivity index (χ2n) is 22.4. The van der Waals surface area contributed by atoms with Gasteiger partial charge in [0.15, 0.2) is 18.1 Å². The molecular formula is C59H55N13O19S5. The highest BCUT2D eigenvalue weighted by molar-refractivity contribution is 7.14. The summed E-state index contributed by atoms with van der Waals surface area (Å²) in [6.45, 7) is 7.07. The van der Waals surface area contributed by atoms with E-state index in [-0.39, 0.29) is 104 Å². The molecule has 0 saturated carbocycles. The lowest BCUT2D eigenvalue weighted by atomic mass is 9.89. The van der Waals surface area contributed by atoms with Crippen LogP contribution in [0.2, 0.25) is 0 Å². The number of nitrogens with two attached hydrogens (primary N) is 1. The number of amides is 6. The number of carbonyl (C=O) groups is 8. The molecule has 1 fully saturated rings. The summed E-state index contributed by atoms with van der Waals surface area (Å²) in [6.07, 6.45) is -9.79. The average molecular weight is 1410 g/mol. The average Bonchev–Trinajstić information content (AvgIpc) is 1.58. The number of aliphatic hydroxyl groups excluding tert-OH is 2. The second-order valence-corrected chi connectivity index (χ2v) is 26.7. The lowest BCUT2D eigenvalue weighted by Crippen LogP contribution is -2.57. The van der Waals surface area contributed by atoms with Gasteiger partial charge >= 0.3 is 11.9 Å². The van der Waals surface area contributed by atoms with Crippen molar-refractivity contribution in [3.05, 3.63) is 124 Å². The number of allylic oxidation sites excluding steroid dienone is 1. The first-order valence-corrected chi connectivity index (χ1v) is 33.2. The molecule has 7 aromatic heterocycles. The van der Waals surface area contributed by atoms with E-state index in [9.17, 15) is 59.2 Å². The highest BCUT2D eigenvalue weighted by atomic mass is 32.1. The zero-order valence-electron chi connectivity index (χ0n) is 50.6. The number of methoxy groups -OCH3 is 1. The third-order valence-corrected chi connectivity index (χ3v) is 20.2. The van der Waals surface area contributed by atoms with Gasteiger partial charge in [0, 0.05) is 49.8 Å². The van der Waals surface area contributed by atoms with Gasteiger partial charge < -0.3 is 86.4 Å². The van der Waals surface area contributed by atoms with Crippen LogP contribution >= 0.6 is 56.7 Å². The van der Waals surface area contributed by atoms with Crippen LogP contribution in [-0.2, 0) is 56.0 Å². The molecule has 4 aliphatic heterocycles. The van der Waals surface area contributed by atoms with Crippen LogP contribution < -0.4 is 32.3 Å². The summed E-state index contributed by atoms with van der Waals surface area (Å²) in [5.74, 6) is -8.46. The summed E-state index contributed by atoms with van der Waals surface area (Å²) in [6, 6.07) is 1.06. The quantitative estimate of drug-likeness (QED) is 0.0450. The smallest absolute Gasteiger partial charge is 0.358 e. The van der Waals surface area contributed by atoms with E-state index in [1.165, 1.54) is 79.9 Å². The summed E-state index contributed by atoms with van der Waals surface area (Å²) >= 11 is 4.38. The molecule has 4 aliphatic rings. The Hall–Kier alpha value is -9.54. The summed E-state index contributed by atoms with van der Waals surface area (Å²) in [5.41, 5.74) is 1.42. The number of nitrogens with zero attached hydrogens (tertiary/aromatic N) is 7. The largest absolute Gasteiger partial charge is 0.506 e. The van der Waals surface area contributed by atoms with Gasteiger partial charge in [-0.25, -0.2) is 39.5 Å². The van der Waals surface area contributed by atoms with Gasteiger partial charge in [-0.3, -0.25) is 28.8 Å². The van der Waals surface area contributed by atoms with Crippen LogP contribution in [0.15, 0.2) is 69.2 Å². The van der Waals surface area contributed by atoms with Crippen molar-refractivity contribution in [2.24, 2.45) is 5.73 Å². The Morgan fingerprint density at radius 2 is 1.52 bits per heavy atom. The Balaban J connectivity index is 1.04. The molecule has 0 aliphatic carbocycles. The van der Waals surface area contributed by atoms with Crippen LogP contribution in [0.5, 0.6) is 5.75 Å². The molecule has 32 nitrogen and oxygen atoms in total. The Labute approximate surface area is 560 Å². The van der Waals surface area contributed by atoms with Crippen molar-refractivity contribution in [2.45, 2.75) is 108 Å². The molecule has 0 radical (unpaired) electrons. The van der Waals surface area contributed by atoms with E-state index in [0.717, 1.165) is 56.7 Å². The van der Waals surface area contributed by atoms with Crippen molar-refractivity contribution in [3.63, 3.8) is 0 Å². The number of aromatic nitrogens is 7. The number of aliphatic hydroxyl groups is 3. The molecule has 12 rings (SSSR count). The van der Waals surface area contributed by atoms with Gasteiger partial charge in [0.05, 0.1) is 42.7 Å². The molecule has 10 atom stereocenters. The standard InChI is InChI=1S/C59H55N13O19S5/c1-20(46(60)76)61-47(77)29-17-95-55(66-29)40-34(74)10-25-39(68-40)28-15-93-53(63-28)27-14-89-57(82)42-26-13-87-43(44(91-35-11-59(5,84)45(75)23(4)90-35)58(83)88-12-24-8-7-9-33(36(24)26)72(42)85)41(56-67-30(18-96-56)48(78)62-27)71-50(80)32-19-94-54(65-32)38(22(3)86-6)70-51(81)37(21(2)73)69-49(79)31-16-92-52(25)64-31/h7-10,15-19,21,23,27,35,37,41,43-45,73-75,84-85H,1,11-14H2,2-6H3,(H2,60,76)(H,61,77)(H,62,78)(H,69,79)(H,70,81)(H,71,80)/b38-22+/t21-,23+,27+,35+,37+,41+,43+,44+,45-,59+/m1/s1. The highest BCUT2D eigenvalue weighted by Gasteiger charge is 2.49. The first-order valence-electron chi connectivity index (χ1n) is 28.8. The summed E-state index contributed by atoms with van der Waals surface area (Å²) in [5, 5.41) is 77.3. The van der Waals surface area contributed by atoms with Crippen LogP contribution in [-0.4, -0.2) is 170 Å². The van der Waals surface area contributed by atoms with E-state index in [1.54, 1.807) is 6.07 Å². The van der Waals surface area contributed by atoms with Crippen molar-refractivity contribution in [1.29, 1.82) is 0 Å². The van der Waals surface area contributed by atoms with Gasteiger partial charge in [0.2, 0.25) is 5.91 Å². The van der Waals surface area contributed by atoms with Crippen molar-refractivity contribution < 1.29 is 92.4 Å². The number of aromatic hydroxyl groups is 1. The lowest BCUT2D eigenvalue weighted by Gasteiger charge is -2.43. The molecule has 0 spiro atoms. The number of fused-ring (bicyclic) bond motifs is 15. The van der Waals surface area contributed by atoms with Gasteiger partial charge in [0.1, 0.15) is 126 Å². The Kier molecular flexibility index (Phi) is 18.4. The van der Waals surface area contributed by atoms with Crippen molar-refractivity contribution in [3.8, 4) is 38.4 Å². The number of cyclic esters (lactones) is 2. The molecule has 6 amide bonds. The number of rotatable bonds is 8. The SMILES string of the molecule is C=C(NC(=O)c1csc(-c2nc3c(cc2O)-c2nc(cs2)C(=O)N[C@@H]([C@@H](C)O)C(=O)N/C(=C(\C)OC)c2nc(cs2)C(=O)N[C@@H]2c4nc(cs4)C(=O)N[C@@H](COC(=O)c4c5c6c(cccc6n4O)COC(=O)[C@@H](O[C@H]4C[C@](C)(O)[C@H](O)[C@H](C)O4)[C@H]2OC5)c2nc-3cs2)n1)C(N)=O. The summed E-state index contributed by atoms with van der Waals surface area (Å²) in [7, 11) is 1.29. The van der Waals surface area contributed by atoms with Gasteiger partial charge in [-0.2, -0.15) is 4.73 Å². The number of carbonyl (C=O) groups excluding carboxylic acids is 8. The molecule has 12 bridgehead atoms. The number of hydrogen-bond acceptors (Lipinski definition) is 30. The normalized spacial score (nSPS) is 24.2. The third-order valence-electron chi connectivity index (χ3n) is 15.8. The second kappa shape index (κ2) is 26.6. The van der Waals surface area contributed by atoms with Crippen molar-refractivity contribution >= 4 is 121 Å². The van der Waals surface area contributed by atoms with Crippen LogP contribution in [0.1, 0.15) is 125 Å². The van der Waals surface area contributed by atoms with E-state index >= 15 is 4.79 Å². The van der Waals surface area contributed by atoms with Crippen LogP contribution in [0.25, 0.3) is 49.3 Å². The number of benzene rings is 1. The van der Waals surface area contributed by atoms with E-state index in [1.807, 2.05) is 0 Å². The van der Waals surface area contributed by atoms with E-state index < -0.39 is 151 Å². The Bertz CT molecular complexity index is 4550. The molecule has 37 heteroatoms. The van der Waals surface area contributed by atoms with Crippen LogP contribution in [0.3, 0.4) is 0 Å². The van der Waals surface area contributed by atoms with Crippen LogP contribution in [0.4, 0.5) is 0 Å². The van der Waals surface area contributed by atoms with Gasteiger partial charge in [-0.05, 0) is 45.4 Å². The first-order chi connectivity index (χ1) is 45.8. The minimum atomic E-state index is -1.98. The zero-order valence-corrected chi connectivity index (χ0v) is 54.7.